The molecule has 3 aromatic rings. The van der Waals surface area contributed by atoms with Crippen LogP contribution in [0.5, 0.6) is 0 Å². The fraction of sp³-hybridized carbons (Fsp3) is 0.348. The van der Waals surface area contributed by atoms with E-state index in [2.05, 4.69) is 0 Å². The van der Waals surface area contributed by atoms with Gasteiger partial charge in [0.15, 0.2) is 0 Å². The van der Waals surface area contributed by atoms with Crippen LogP contribution < -0.4 is 0 Å². The number of fused-ring (bicyclic) bond motifs is 1. The topological polar surface area (TPSA) is 77.6 Å². The molecular weight excluding hydrogens is 414 g/mol. The summed E-state index contributed by atoms with van der Waals surface area (Å²) in [6.07, 6.45) is 2.09. The number of amides is 1. The fourth-order valence-corrected chi connectivity index (χ4v) is 5.04. The molecule has 0 saturated carbocycles. The second-order valence-electron chi connectivity index (χ2n) is 7.91. The van der Waals surface area contributed by atoms with Gasteiger partial charge < -0.3 is 14.2 Å². The smallest absolute Gasteiger partial charge is 0.269 e. The van der Waals surface area contributed by atoms with Gasteiger partial charge in [0, 0.05) is 53.0 Å². The van der Waals surface area contributed by atoms with E-state index in [0.717, 1.165) is 21.4 Å². The Hall–Kier alpha value is -2.84. The van der Waals surface area contributed by atoms with Gasteiger partial charge in [0.2, 0.25) is 5.91 Å². The van der Waals surface area contributed by atoms with E-state index < -0.39 is 0 Å². The van der Waals surface area contributed by atoms with Crippen LogP contribution in [0.3, 0.4) is 0 Å². The Balaban J connectivity index is 1.53. The summed E-state index contributed by atoms with van der Waals surface area (Å²) in [5.41, 5.74) is 2.00. The van der Waals surface area contributed by atoms with Crippen LogP contribution >= 0.6 is 11.8 Å². The zero-order valence-corrected chi connectivity index (χ0v) is 18.4. The zero-order chi connectivity index (χ0) is 22.0. The summed E-state index contributed by atoms with van der Waals surface area (Å²) >= 11 is 1.62. The van der Waals surface area contributed by atoms with Gasteiger partial charge in [0.25, 0.3) is 5.69 Å². The maximum Gasteiger partial charge on any atom is 0.269 e. The molecule has 1 aromatic heterocycles. The van der Waals surface area contributed by atoms with Crippen LogP contribution in [0.1, 0.15) is 19.4 Å². The van der Waals surface area contributed by atoms with Crippen LogP contribution in [0, 0.1) is 10.1 Å². The van der Waals surface area contributed by atoms with Crippen molar-refractivity contribution in [2.45, 2.75) is 43.2 Å². The monoisotopic (exact) mass is 439 g/mol. The maximum absolute atomic E-state index is 13.0. The highest BCUT2D eigenvalue weighted by molar-refractivity contribution is 7.98. The third kappa shape index (κ3) is 4.91. The molecule has 2 heterocycles. The normalized spacial score (nSPS) is 19.0. The molecule has 2 atom stereocenters. The van der Waals surface area contributed by atoms with Crippen molar-refractivity contribution in [3.63, 3.8) is 0 Å². The number of aromatic nitrogens is 1. The molecule has 1 saturated heterocycles. The summed E-state index contributed by atoms with van der Waals surface area (Å²) in [5, 5.41) is 12.1. The molecule has 0 aliphatic carbocycles. The molecule has 7 nitrogen and oxygen atoms in total. The minimum atomic E-state index is -0.376. The highest BCUT2D eigenvalue weighted by Crippen LogP contribution is 2.33. The lowest BCUT2D eigenvalue weighted by Crippen LogP contribution is -2.49. The average Bonchev–Trinajstić information content (AvgIpc) is 3.09. The number of nitrogens with zero attached hydrogens (tertiary/aromatic N) is 3. The van der Waals surface area contributed by atoms with Crippen LogP contribution in [0.15, 0.2) is 59.6 Å². The van der Waals surface area contributed by atoms with Crippen LogP contribution in [0.2, 0.25) is 0 Å². The van der Waals surface area contributed by atoms with E-state index in [1.54, 1.807) is 23.9 Å². The molecule has 2 unspecified atom stereocenters. The number of para-hydroxylation sites is 1. The molecule has 1 fully saturated rings. The molecule has 0 N–H and O–H groups in total. The number of morpholine rings is 1. The van der Waals surface area contributed by atoms with E-state index in [0.29, 0.717) is 18.8 Å². The molecule has 0 spiro atoms. The van der Waals surface area contributed by atoms with Crippen LogP contribution in [0.25, 0.3) is 10.9 Å². The first-order valence-electron chi connectivity index (χ1n) is 10.3. The number of ether oxygens (including phenoxy) is 1. The van der Waals surface area contributed by atoms with Gasteiger partial charge in [-0.1, -0.05) is 30.3 Å². The number of carbonyl (C=O) groups excluding carboxylic acids is 1. The van der Waals surface area contributed by atoms with Gasteiger partial charge in [-0.15, -0.1) is 11.8 Å². The maximum atomic E-state index is 13.0. The van der Waals surface area contributed by atoms with Gasteiger partial charge in [-0.3, -0.25) is 14.9 Å². The lowest BCUT2D eigenvalue weighted by Gasteiger charge is -2.35. The number of hydrogen-bond acceptors (Lipinski definition) is 5. The Bertz CT molecular complexity index is 1100. The summed E-state index contributed by atoms with van der Waals surface area (Å²) in [4.78, 5) is 26.6. The van der Waals surface area contributed by atoms with E-state index in [9.17, 15) is 14.9 Å². The van der Waals surface area contributed by atoms with Crippen LogP contribution in [-0.2, 0) is 21.8 Å². The minimum absolute atomic E-state index is 0.0372. The van der Waals surface area contributed by atoms with Crippen molar-refractivity contribution < 1.29 is 14.5 Å². The van der Waals surface area contributed by atoms with Gasteiger partial charge >= 0.3 is 0 Å². The molecule has 0 radical (unpaired) electrons. The predicted octanol–water partition coefficient (Wildman–Crippen LogP) is 4.48. The van der Waals surface area contributed by atoms with Gasteiger partial charge in [0.1, 0.15) is 6.54 Å². The van der Waals surface area contributed by atoms with E-state index in [-0.39, 0.29) is 35.3 Å². The standard InChI is InChI=1S/C23H25N3O4S/c1-16-11-25(12-17(2)30-16)23(27)14-24-13-22(20-8-3-4-9-21(20)24)31-15-18-6-5-7-19(10-18)26(28)29/h3-10,13,16-17H,11-12,14-15H2,1-2H3. The molecule has 1 aliphatic rings. The van der Waals surface area contributed by atoms with Crippen molar-refractivity contribution in [3.05, 3.63) is 70.4 Å². The minimum Gasteiger partial charge on any atom is -0.372 e. The van der Waals surface area contributed by atoms with E-state index >= 15 is 0 Å². The van der Waals surface area contributed by atoms with E-state index in [4.69, 9.17) is 4.74 Å². The van der Waals surface area contributed by atoms with Crippen molar-refractivity contribution in [1.29, 1.82) is 0 Å². The average molecular weight is 440 g/mol. The van der Waals surface area contributed by atoms with Gasteiger partial charge in [-0.2, -0.15) is 0 Å². The summed E-state index contributed by atoms with van der Waals surface area (Å²) in [6.45, 7) is 5.47. The highest BCUT2D eigenvalue weighted by Gasteiger charge is 2.26. The number of nitro benzene ring substituents is 1. The van der Waals surface area contributed by atoms with Crippen molar-refractivity contribution in [1.82, 2.24) is 9.47 Å². The van der Waals surface area contributed by atoms with Crippen molar-refractivity contribution in [2.75, 3.05) is 13.1 Å². The first-order chi connectivity index (χ1) is 14.9. The lowest BCUT2D eigenvalue weighted by molar-refractivity contribution is -0.384. The molecule has 0 bridgehead atoms. The van der Waals surface area contributed by atoms with Gasteiger partial charge in [-0.25, -0.2) is 0 Å². The molecule has 162 valence electrons. The quantitative estimate of drug-likeness (QED) is 0.322. The second-order valence-corrected chi connectivity index (χ2v) is 8.93. The summed E-state index contributed by atoms with van der Waals surface area (Å²) in [6, 6.07) is 14.7. The summed E-state index contributed by atoms with van der Waals surface area (Å²) in [5.74, 6) is 0.695. The summed E-state index contributed by atoms with van der Waals surface area (Å²) in [7, 11) is 0. The molecule has 1 amide bonds. The molecule has 2 aromatic carbocycles. The zero-order valence-electron chi connectivity index (χ0n) is 17.6. The first-order valence-corrected chi connectivity index (χ1v) is 11.3. The molecule has 8 heteroatoms. The van der Waals surface area contributed by atoms with E-state index in [1.807, 2.05) is 59.8 Å². The summed E-state index contributed by atoms with van der Waals surface area (Å²) < 4.78 is 7.74. The van der Waals surface area contributed by atoms with E-state index in [1.165, 1.54) is 6.07 Å². The Morgan fingerprint density at radius 1 is 1.16 bits per heavy atom. The number of carbonyl (C=O) groups is 1. The first kappa shape index (κ1) is 21.4. The number of benzene rings is 2. The Labute approximate surface area is 185 Å². The van der Waals surface area contributed by atoms with Gasteiger partial charge in [-0.05, 0) is 25.5 Å². The number of hydrogen-bond donors (Lipinski definition) is 0. The Morgan fingerprint density at radius 2 is 1.90 bits per heavy atom. The Kier molecular flexibility index (Phi) is 6.29. The second kappa shape index (κ2) is 9.11. The number of nitro groups is 1. The van der Waals surface area contributed by atoms with Crippen molar-refractivity contribution in [2.24, 2.45) is 0 Å². The number of non-ortho nitro benzene ring substituents is 1. The SMILES string of the molecule is CC1CN(C(=O)Cn2cc(SCc3cccc([N+](=O)[O-])c3)c3ccccc32)CC(C)O1. The molecule has 4 rings (SSSR count). The third-order valence-corrected chi connectivity index (χ3v) is 6.46. The van der Waals surface area contributed by atoms with Crippen molar-refractivity contribution in [3.8, 4) is 0 Å². The third-order valence-electron chi connectivity index (χ3n) is 5.35. The highest BCUT2D eigenvalue weighted by atomic mass is 32.2. The molecule has 31 heavy (non-hydrogen) atoms. The van der Waals surface area contributed by atoms with Crippen molar-refractivity contribution >= 4 is 34.3 Å². The largest absolute Gasteiger partial charge is 0.372 e. The van der Waals surface area contributed by atoms with Gasteiger partial charge in [0.05, 0.1) is 17.1 Å². The van der Waals surface area contributed by atoms with Crippen LogP contribution in [-0.4, -0.2) is 45.6 Å². The molecular formula is C23H25N3O4S. The molecule has 1 aliphatic heterocycles. The number of rotatable bonds is 6. The fourth-order valence-electron chi connectivity index (χ4n) is 4.01. The predicted molar refractivity (Wildman–Crippen MR) is 121 cm³/mol. The number of thioether (sulfide) groups is 1. The lowest BCUT2D eigenvalue weighted by atomic mass is 10.2. The van der Waals surface area contributed by atoms with Crippen LogP contribution in [0.4, 0.5) is 5.69 Å². The Morgan fingerprint density at radius 3 is 2.65 bits per heavy atom.